The van der Waals surface area contributed by atoms with Crippen LogP contribution in [0.25, 0.3) is 109 Å². The lowest BCUT2D eigenvalue weighted by Gasteiger charge is -2.11. The minimum atomic E-state index is 0.682. The Kier molecular flexibility index (Phi) is 7.04. The van der Waals surface area contributed by atoms with Crippen LogP contribution in [0.5, 0.6) is 0 Å². The molecule has 4 heteroatoms. The van der Waals surface area contributed by atoms with Gasteiger partial charge in [-0.1, -0.05) is 140 Å². The molecule has 252 valence electrons. The lowest BCUT2D eigenvalue weighted by atomic mass is 9.95. The third-order valence-electron chi connectivity index (χ3n) is 10.5. The molecule has 3 heterocycles. The number of aromatic nitrogens is 2. The van der Waals surface area contributed by atoms with Gasteiger partial charge in [-0.25, -0.2) is 9.97 Å². The number of benzene rings is 8. The number of para-hydroxylation sites is 1. The van der Waals surface area contributed by atoms with Crippen LogP contribution >= 0.6 is 11.3 Å². The molecule has 54 heavy (non-hydrogen) atoms. The molecule has 0 aliphatic heterocycles. The summed E-state index contributed by atoms with van der Waals surface area (Å²) >= 11 is 1.76. The van der Waals surface area contributed by atoms with E-state index in [1.807, 2.05) is 12.1 Å². The van der Waals surface area contributed by atoms with E-state index in [4.69, 9.17) is 14.4 Å². The van der Waals surface area contributed by atoms with Gasteiger partial charge in [-0.2, -0.15) is 0 Å². The van der Waals surface area contributed by atoms with Crippen molar-refractivity contribution in [1.82, 2.24) is 9.97 Å². The van der Waals surface area contributed by atoms with E-state index in [9.17, 15) is 0 Å². The second-order valence-electron chi connectivity index (χ2n) is 13.7. The third kappa shape index (κ3) is 5.03. The first-order chi connectivity index (χ1) is 26.7. The van der Waals surface area contributed by atoms with Crippen molar-refractivity contribution in [3.8, 4) is 56.0 Å². The van der Waals surface area contributed by atoms with Crippen molar-refractivity contribution < 1.29 is 4.42 Å². The average molecular weight is 707 g/mol. The molecule has 3 aromatic heterocycles. The zero-order valence-electron chi connectivity index (χ0n) is 29.0. The maximum atomic E-state index is 6.74. The Hall–Kier alpha value is -6.88. The lowest BCUT2D eigenvalue weighted by molar-refractivity contribution is 0.670. The van der Waals surface area contributed by atoms with Crippen molar-refractivity contribution in [1.29, 1.82) is 0 Å². The fourth-order valence-electron chi connectivity index (χ4n) is 7.85. The molecule has 0 saturated heterocycles. The molecule has 0 unspecified atom stereocenters. The largest absolute Gasteiger partial charge is 0.455 e. The molecule has 3 nitrogen and oxygen atoms in total. The highest BCUT2D eigenvalue weighted by molar-refractivity contribution is 7.26. The first kappa shape index (κ1) is 30.7. The normalized spacial score (nSPS) is 11.7. The number of hydrogen-bond acceptors (Lipinski definition) is 4. The molecule has 0 fully saturated rings. The summed E-state index contributed by atoms with van der Waals surface area (Å²) < 4.78 is 9.02. The van der Waals surface area contributed by atoms with Gasteiger partial charge in [0.1, 0.15) is 11.2 Å². The number of fused-ring (bicyclic) bond motifs is 7. The van der Waals surface area contributed by atoms with Gasteiger partial charge in [-0.15, -0.1) is 11.3 Å². The van der Waals surface area contributed by atoms with Crippen LogP contribution in [0.15, 0.2) is 186 Å². The highest BCUT2D eigenvalue weighted by atomic mass is 32.1. The highest BCUT2D eigenvalue weighted by Crippen LogP contribution is 2.44. The van der Waals surface area contributed by atoms with Gasteiger partial charge < -0.3 is 4.42 Å². The summed E-state index contributed by atoms with van der Waals surface area (Å²) in [4.78, 5) is 10.8. The Morgan fingerprint density at radius 2 is 1.04 bits per heavy atom. The molecule has 0 saturated carbocycles. The number of thiophene rings is 1. The van der Waals surface area contributed by atoms with Crippen LogP contribution in [-0.4, -0.2) is 9.97 Å². The van der Waals surface area contributed by atoms with E-state index in [0.29, 0.717) is 5.82 Å². The van der Waals surface area contributed by atoms with E-state index in [0.717, 1.165) is 71.1 Å². The minimum Gasteiger partial charge on any atom is -0.455 e. The summed E-state index contributed by atoms with van der Waals surface area (Å²) in [5, 5.41) is 5.57. The zero-order valence-corrected chi connectivity index (χ0v) is 29.8. The first-order valence-corrected chi connectivity index (χ1v) is 19.0. The van der Waals surface area contributed by atoms with Crippen molar-refractivity contribution in [2.75, 3.05) is 0 Å². The zero-order chi connectivity index (χ0) is 35.6. The van der Waals surface area contributed by atoms with Gasteiger partial charge in [0, 0.05) is 37.5 Å². The van der Waals surface area contributed by atoms with E-state index < -0.39 is 0 Å². The molecule has 0 amide bonds. The standard InChI is InChI=1S/C50H30N2OS/c1-3-12-31(13-4-1)33-16-11-17-37(29-33)39-26-27-42(45-40-18-7-9-20-43(40)53-48(39)45)50-51-46(49-47(52-50)41-19-8-10-21-44(41)54-49)38-25-24-35-28-34(22-23-36(35)30-38)32-14-5-2-6-15-32/h1-30H. The summed E-state index contributed by atoms with van der Waals surface area (Å²) in [7, 11) is 0. The summed E-state index contributed by atoms with van der Waals surface area (Å²) in [5.41, 5.74) is 12.5. The highest BCUT2D eigenvalue weighted by Gasteiger charge is 2.22. The molecule has 11 aromatic rings. The van der Waals surface area contributed by atoms with E-state index >= 15 is 0 Å². The van der Waals surface area contributed by atoms with Crippen molar-refractivity contribution in [3.05, 3.63) is 182 Å². The molecular formula is C50H30N2OS. The van der Waals surface area contributed by atoms with E-state index in [2.05, 4.69) is 170 Å². The van der Waals surface area contributed by atoms with Gasteiger partial charge in [0.2, 0.25) is 0 Å². The molecule has 0 N–H and O–H groups in total. The van der Waals surface area contributed by atoms with Crippen molar-refractivity contribution in [2.24, 2.45) is 0 Å². The third-order valence-corrected chi connectivity index (χ3v) is 11.7. The van der Waals surface area contributed by atoms with Crippen LogP contribution in [0.2, 0.25) is 0 Å². The van der Waals surface area contributed by atoms with Gasteiger partial charge in [-0.3, -0.25) is 0 Å². The van der Waals surface area contributed by atoms with Gasteiger partial charge in [0.05, 0.1) is 15.9 Å². The Balaban J connectivity index is 1.13. The predicted molar refractivity (Wildman–Crippen MR) is 227 cm³/mol. The second-order valence-corrected chi connectivity index (χ2v) is 14.8. The summed E-state index contributed by atoms with van der Waals surface area (Å²) in [5.74, 6) is 0.682. The van der Waals surface area contributed by atoms with Crippen molar-refractivity contribution in [2.45, 2.75) is 0 Å². The predicted octanol–water partition coefficient (Wildman–Crippen LogP) is 14.2. The van der Waals surface area contributed by atoms with Crippen LogP contribution in [-0.2, 0) is 0 Å². The minimum absolute atomic E-state index is 0.682. The second kappa shape index (κ2) is 12.4. The topological polar surface area (TPSA) is 38.9 Å². The van der Waals surface area contributed by atoms with Gasteiger partial charge in [0.25, 0.3) is 0 Å². The van der Waals surface area contributed by atoms with Crippen LogP contribution in [0, 0.1) is 0 Å². The smallest absolute Gasteiger partial charge is 0.161 e. The molecule has 0 bridgehead atoms. The van der Waals surface area contributed by atoms with Crippen LogP contribution in [0.4, 0.5) is 0 Å². The molecule has 0 atom stereocenters. The number of rotatable bonds is 5. The Bertz CT molecular complexity index is 3220. The van der Waals surface area contributed by atoms with E-state index in [1.165, 1.54) is 32.2 Å². The Labute approximate surface area is 315 Å². The molecule has 0 aliphatic carbocycles. The fraction of sp³-hybridized carbons (Fsp3) is 0. The summed E-state index contributed by atoms with van der Waals surface area (Å²) in [6.45, 7) is 0. The summed E-state index contributed by atoms with van der Waals surface area (Å²) in [6.07, 6.45) is 0. The van der Waals surface area contributed by atoms with Gasteiger partial charge in [0.15, 0.2) is 5.82 Å². The Morgan fingerprint density at radius 3 is 1.83 bits per heavy atom. The van der Waals surface area contributed by atoms with Gasteiger partial charge >= 0.3 is 0 Å². The molecule has 0 spiro atoms. The monoisotopic (exact) mass is 706 g/mol. The molecule has 0 aliphatic rings. The van der Waals surface area contributed by atoms with E-state index in [1.54, 1.807) is 11.3 Å². The van der Waals surface area contributed by atoms with Crippen LogP contribution < -0.4 is 0 Å². The van der Waals surface area contributed by atoms with Gasteiger partial charge in [-0.05, 0) is 81.1 Å². The number of furan rings is 1. The lowest BCUT2D eigenvalue weighted by Crippen LogP contribution is -1.95. The number of hydrogen-bond donors (Lipinski definition) is 0. The maximum Gasteiger partial charge on any atom is 0.161 e. The molecule has 11 rings (SSSR count). The first-order valence-electron chi connectivity index (χ1n) is 18.1. The SMILES string of the molecule is c1ccc(-c2cccc(-c3ccc(-c4nc(-c5ccc6cc(-c7ccccc7)ccc6c5)c5sc6ccccc6c5n4)c4c3oc3ccccc34)c2)cc1. The number of nitrogens with zero attached hydrogens (tertiary/aromatic N) is 2. The average Bonchev–Trinajstić information content (AvgIpc) is 3.82. The van der Waals surface area contributed by atoms with Crippen LogP contribution in [0.1, 0.15) is 0 Å². The molecule has 8 aromatic carbocycles. The molecule has 0 radical (unpaired) electrons. The molecular weight excluding hydrogens is 677 g/mol. The maximum absolute atomic E-state index is 6.74. The van der Waals surface area contributed by atoms with Crippen molar-refractivity contribution >= 4 is 64.4 Å². The Morgan fingerprint density at radius 1 is 0.426 bits per heavy atom. The summed E-state index contributed by atoms with van der Waals surface area (Å²) in [6, 6.07) is 64.3. The van der Waals surface area contributed by atoms with Crippen molar-refractivity contribution in [3.63, 3.8) is 0 Å². The van der Waals surface area contributed by atoms with E-state index in [-0.39, 0.29) is 0 Å². The van der Waals surface area contributed by atoms with Crippen LogP contribution in [0.3, 0.4) is 0 Å². The quantitative estimate of drug-likeness (QED) is 0.179. The fourth-order valence-corrected chi connectivity index (χ4v) is 9.00.